The molecule has 0 saturated carbocycles. The first-order chi connectivity index (χ1) is 8.04. The van der Waals surface area contributed by atoms with Crippen LogP contribution in [-0.4, -0.2) is 8.32 Å². The highest BCUT2D eigenvalue weighted by atomic mass is 28.4. The first-order valence-electron chi connectivity index (χ1n) is 6.29. The van der Waals surface area contributed by atoms with Gasteiger partial charge in [0.05, 0.1) is 6.61 Å². The van der Waals surface area contributed by atoms with Crippen molar-refractivity contribution in [3.63, 3.8) is 0 Å². The molecule has 0 radical (unpaired) electrons. The van der Waals surface area contributed by atoms with E-state index in [4.69, 9.17) is 8.84 Å². The summed E-state index contributed by atoms with van der Waals surface area (Å²) < 4.78 is 11.6. The highest BCUT2D eigenvalue weighted by Gasteiger charge is 2.37. The van der Waals surface area contributed by atoms with Crippen LogP contribution in [0.4, 0.5) is 0 Å². The van der Waals surface area contributed by atoms with Gasteiger partial charge in [-0.3, -0.25) is 4.79 Å². The smallest absolute Gasteiger partial charge is 0.192 e. The lowest BCUT2D eigenvalue weighted by molar-refractivity contribution is 0.240. The molecule has 0 aromatic carbocycles. The van der Waals surface area contributed by atoms with E-state index in [9.17, 15) is 4.79 Å². The molecule has 0 fully saturated rings. The maximum Gasteiger partial charge on any atom is 0.192 e. The third-order valence-electron chi connectivity index (χ3n) is 3.86. The molecule has 0 spiro atoms. The SMILES string of the molecule is Cc1oc(CO[Si](C)(C)C(C)(C)C)cc(=O)c1C. The van der Waals surface area contributed by atoms with Gasteiger partial charge in [-0.2, -0.15) is 0 Å². The Balaban J connectivity index is 2.85. The molecule has 0 aliphatic heterocycles. The van der Waals surface area contributed by atoms with Crippen molar-refractivity contribution in [1.82, 2.24) is 0 Å². The van der Waals surface area contributed by atoms with Gasteiger partial charge in [0.1, 0.15) is 11.5 Å². The summed E-state index contributed by atoms with van der Waals surface area (Å²) in [6.07, 6.45) is 0. The first kappa shape index (κ1) is 15.2. The predicted octanol–water partition coefficient (Wildman–Crippen LogP) is 3.78. The quantitative estimate of drug-likeness (QED) is 0.783. The van der Waals surface area contributed by atoms with Crippen LogP contribution in [0.1, 0.15) is 37.9 Å². The third kappa shape index (κ3) is 3.33. The number of hydrogen-bond acceptors (Lipinski definition) is 3. The van der Waals surface area contributed by atoms with Crippen LogP contribution in [0.3, 0.4) is 0 Å². The van der Waals surface area contributed by atoms with Crippen molar-refractivity contribution in [1.29, 1.82) is 0 Å². The van der Waals surface area contributed by atoms with Crippen LogP contribution < -0.4 is 5.43 Å². The molecule has 0 bridgehead atoms. The maximum absolute atomic E-state index is 11.7. The number of hydrogen-bond donors (Lipinski definition) is 0. The normalized spacial score (nSPS) is 12.8. The van der Waals surface area contributed by atoms with Gasteiger partial charge in [-0.1, -0.05) is 20.8 Å². The van der Waals surface area contributed by atoms with Gasteiger partial charge in [-0.05, 0) is 32.0 Å². The van der Waals surface area contributed by atoms with Gasteiger partial charge >= 0.3 is 0 Å². The zero-order chi connectivity index (χ0) is 14.1. The van der Waals surface area contributed by atoms with Crippen LogP contribution in [0.5, 0.6) is 0 Å². The van der Waals surface area contributed by atoms with Crippen molar-refractivity contribution in [2.45, 2.75) is 59.4 Å². The Hall–Kier alpha value is -0.873. The summed E-state index contributed by atoms with van der Waals surface area (Å²) in [5, 5.41) is 0.160. The molecule has 1 aromatic rings. The van der Waals surface area contributed by atoms with Crippen LogP contribution in [-0.2, 0) is 11.0 Å². The Morgan fingerprint density at radius 1 is 1.28 bits per heavy atom. The maximum atomic E-state index is 11.7. The van der Waals surface area contributed by atoms with Gasteiger partial charge in [0.15, 0.2) is 13.7 Å². The second-order valence-electron chi connectivity index (χ2n) is 6.31. The summed E-state index contributed by atoms with van der Waals surface area (Å²) in [5.74, 6) is 1.30. The molecule has 0 aliphatic carbocycles. The molecule has 0 aliphatic rings. The molecule has 1 heterocycles. The minimum absolute atomic E-state index is 0.0209. The highest BCUT2D eigenvalue weighted by Crippen LogP contribution is 2.37. The van der Waals surface area contributed by atoms with Crippen molar-refractivity contribution in [2.24, 2.45) is 0 Å². The van der Waals surface area contributed by atoms with Gasteiger partial charge in [0.25, 0.3) is 0 Å². The van der Waals surface area contributed by atoms with Crippen molar-refractivity contribution < 1.29 is 8.84 Å². The van der Waals surface area contributed by atoms with Crippen LogP contribution in [0.25, 0.3) is 0 Å². The fourth-order valence-electron chi connectivity index (χ4n) is 1.27. The monoisotopic (exact) mass is 268 g/mol. The molecule has 0 atom stereocenters. The molecule has 1 rings (SSSR count). The molecule has 18 heavy (non-hydrogen) atoms. The Labute approximate surface area is 110 Å². The molecule has 3 nitrogen and oxygen atoms in total. The van der Waals surface area contributed by atoms with E-state index in [1.807, 2.05) is 6.92 Å². The van der Waals surface area contributed by atoms with Crippen molar-refractivity contribution in [3.05, 3.63) is 33.4 Å². The largest absolute Gasteiger partial charge is 0.463 e. The molecular formula is C14H24O3Si. The molecule has 0 saturated heterocycles. The van der Waals surface area contributed by atoms with Crippen molar-refractivity contribution >= 4 is 8.32 Å². The van der Waals surface area contributed by atoms with Crippen LogP contribution >= 0.6 is 0 Å². The summed E-state index contributed by atoms with van der Waals surface area (Å²) >= 11 is 0. The standard InChI is InChI=1S/C14H24O3Si/c1-10-11(2)17-12(8-13(10)15)9-16-18(6,7)14(3,4)5/h8H,9H2,1-7H3. The summed E-state index contributed by atoms with van der Waals surface area (Å²) in [6, 6.07) is 1.54. The van der Waals surface area contributed by atoms with Gasteiger partial charge < -0.3 is 8.84 Å². The average Bonchev–Trinajstić information content (AvgIpc) is 2.21. The Morgan fingerprint density at radius 2 is 1.83 bits per heavy atom. The van der Waals surface area contributed by atoms with Crippen molar-refractivity contribution in [3.8, 4) is 0 Å². The van der Waals surface area contributed by atoms with Crippen molar-refractivity contribution in [2.75, 3.05) is 0 Å². The molecule has 0 N–H and O–H groups in total. The lowest BCUT2D eigenvalue weighted by Gasteiger charge is -2.35. The summed E-state index contributed by atoms with van der Waals surface area (Å²) in [7, 11) is -1.80. The highest BCUT2D eigenvalue weighted by molar-refractivity contribution is 6.74. The fraction of sp³-hybridized carbons (Fsp3) is 0.643. The lowest BCUT2D eigenvalue weighted by Crippen LogP contribution is -2.40. The lowest BCUT2D eigenvalue weighted by atomic mass is 10.2. The molecular weight excluding hydrogens is 244 g/mol. The predicted molar refractivity (Wildman–Crippen MR) is 76.4 cm³/mol. The van der Waals surface area contributed by atoms with E-state index in [1.54, 1.807) is 6.92 Å². The number of rotatable bonds is 3. The average molecular weight is 268 g/mol. The fourth-order valence-corrected chi connectivity index (χ4v) is 2.21. The zero-order valence-corrected chi connectivity index (χ0v) is 13.5. The van der Waals surface area contributed by atoms with Crippen LogP contribution in [0.2, 0.25) is 18.1 Å². The summed E-state index contributed by atoms with van der Waals surface area (Å²) in [6.45, 7) is 14.9. The Morgan fingerprint density at radius 3 is 2.28 bits per heavy atom. The summed E-state index contributed by atoms with van der Waals surface area (Å²) in [4.78, 5) is 11.7. The zero-order valence-electron chi connectivity index (χ0n) is 12.5. The van der Waals surface area contributed by atoms with E-state index in [0.717, 1.165) is 0 Å². The van der Waals surface area contributed by atoms with E-state index in [1.165, 1.54) is 6.07 Å². The molecule has 4 heteroatoms. The van der Waals surface area contributed by atoms with Crippen LogP contribution in [0, 0.1) is 13.8 Å². The molecule has 0 amide bonds. The summed E-state index contributed by atoms with van der Waals surface area (Å²) in [5.41, 5.74) is 0.693. The van der Waals surface area contributed by atoms with E-state index in [2.05, 4.69) is 33.9 Å². The van der Waals surface area contributed by atoms with E-state index < -0.39 is 8.32 Å². The van der Waals surface area contributed by atoms with Gasteiger partial charge in [-0.25, -0.2) is 0 Å². The third-order valence-corrected chi connectivity index (χ3v) is 8.33. The first-order valence-corrected chi connectivity index (χ1v) is 9.19. The van der Waals surface area contributed by atoms with E-state index in [0.29, 0.717) is 23.7 Å². The molecule has 1 aromatic heterocycles. The van der Waals surface area contributed by atoms with E-state index >= 15 is 0 Å². The second-order valence-corrected chi connectivity index (χ2v) is 11.1. The van der Waals surface area contributed by atoms with Gasteiger partial charge in [0, 0.05) is 11.6 Å². The van der Waals surface area contributed by atoms with Crippen LogP contribution in [0.15, 0.2) is 15.3 Å². The Kier molecular flexibility index (Phi) is 4.23. The van der Waals surface area contributed by atoms with Gasteiger partial charge in [0.2, 0.25) is 0 Å². The molecule has 0 unspecified atom stereocenters. The topological polar surface area (TPSA) is 39.4 Å². The Bertz CT molecular complexity index is 481. The van der Waals surface area contributed by atoms with Gasteiger partial charge in [-0.15, -0.1) is 0 Å². The minimum Gasteiger partial charge on any atom is -0.463 e. The molecule has 102 valence electrons. The van der Waals surface area contributed by atoms with E-state index in [-0.39, 0.29) is 10.5 Å². The minimum atomic E-state index is -1.80. The number of aryl methyl sites for hydroxylation is 1. The second kappa shape index (κ2) is 5.01.